The number of rotatable bonds is 5. The molecule has 2 heteroatoms. The summed E-state index contributed by atoms with van der Waals surface area (Å²) in [5, 5.41) is 3.65. The van der Waals surface area contributed by atoms with E-state index in [-0.39, 0.29) is 0 Å². The average molecular weight is 240 g/mol. The molecule has 3 atom stereocenters. The molecule has 2 nitrogen and oxygen atoms in total. The average Bonchev–Trinajstić information content (AvgIpc) is 2.28. The van der Waals surface area contributed by atoms with Crippen LogP contribution in [-0.4, -0.2) is 37.1 Å². The summed E-state index contributed by atoms with van der Waals surface area (Å²) in [6.45, 7) is 14.1. The van der Waals surface area contributed by atoms with E-state index < -0.39 is 0 Å². The summed E-state index contributed by atoms with van der Waals surface area (Å²) in [4.78, 5) is 2.60. The molecule has 1 rings (SSSR count). The normalized spacial score (nSPS) is 28.1. The fourth-order valence-electron chi connectivity index (χ4n) is 2.65. The Morgan fingerprint density at radius 2 is 1.82 bits per heavy atom. The minimum atomic E-state index is 0.713. The van der Waals surface area contributed by atoms with Crippen LogP contribution >= 0.6 is 0 Å². The first kappa shape index (κ1) is 15.0. The van der Waals surface area contributed by atoms with Crippen LogP contribution < -0.4 is 5.32 Å². The SMILES string of the molecule is CC(C)C(C)CN(C)C1CCNC(C(C)C)C1. The third-order valence-electron chi connectivity index (χ3n) is 4.55. The van der Waals surface area contributed by atoms with Gasteiger partial charge < -0.3 is 10.2 Å². The van der Waals surface area contributed by atoms with Crippen molar-refractivity contribution in [3.05, 3.63) is 0 Å². The number of piperidine rings is 1. The monoisotopic (exact) mass is 240 g/mol. The summed E-state index contributed by atoms with van der Waals surface area (Å²) in [7, 11) is 2.31. The fraction of sp³-hybridized carbons (Fsp3) is 1.00. The van der Waals surface area contributed by atoms with Gasteiger partial charge in [-0.25, -0.2) is 0 Å². The smallest absolute Gasteiger partial charge is 0.0119 e. The Bertz CT molecular complexity index is 213. The van der Waals surface area contributed by atoms with E-state index in [9.17, 15) is 0 Å². The molecule has 0 aromatic carbocycles. The minimum absolute atomic E-state index is 0.713. The predicted octanol–water partition coefficient (Wildman–Crippen LogP) is 2.99. The molecule has 0 saturated carbocycles. The maximum Gasteiger partial charge on any atom is 0.0119 e. The lowest BCUT2D eigenvalue weighted by atomic mass is 9.90. The number of hydrogen-bond acceptors (Lipinski definition) is 2. The summed E-state index contributed by atoms with van der Waals surface area (Å²) >= 11 is 0. The van der Waals surface area contributed by atoms with Crippen LogP contribution in [0, 0.1) is 17.8 Å². The van der Waals surface area contributed by atoms with Gasteiger partial charge in [0.15, 0.2) is 0 Å². The Hall–Kier alpha value is -0.0800. The summed E-state index contributed by atoms with van der Waals surface area (Å²) in [5.74, 6) is 2.35. The van der Waals surface area contributed by atoms with E-state index in [0.29, 0.717) is 6.04 Å². The van der Waals surface area contributed by atoms with Crippen molar-refractivity contribution < 1.29 is 0 Å². The van der Waals surface area contributed by atoms with E-state index >= 15 is 0 Å². The molecule has 1 N–H and O–H groups in total. The second-order valence-electron chi connectivity index (χ2n) is 6.64. The fourth-order valence-corrected chi connectivity index (χ4v) is 2.65. The Kier molecular flexibility index (Phi) is 5.94. The van der Waals surface area contributed by atoms with Gasteiger partial charge in [-0.1, -0.05) is 34.6 Å². The van der Waals surface area contributed by atoms with Crippen molar-refractivity contribution in [1.29, 1.82) is 0 Å². The number of nitrogens with one attached hydrogen (secondary N) is 1. The molecule has 0 aliphatic carbocycles. The lowest BCUT2D eigenvalue weighted by Crippen LogP contribution is -2.49. The number of nitrogens with zero attached hydrogens (tertiary/aromatic N) is 1. The maximum absolute atomic E-state index is 3.65. The molecule has 0 aromatic rings. The Labute approximate surface area is 108 Å². The minimum Gasteiger partial charge on any atom is -0.314 e. The topological polar surface area (TPSA) is 15.3 Å². The summed E-state index contributed by atoms with van der Waals surface area (Å²) in [5.41, 5.74) is 0. The zero-order chi connectivity index (χ0) is 13.0. The summed E-state index contributed by atoms with van der Waals surface area (Å²) < 4.78 is 0. The van der Waals surface area contributed by atoms with Crippen molar-refractivity contribution >= 4 is 0 Å². The standard InChI is InChI=1S/C15H32N2/c1-11(2)13(5)10-17(6)14-7-8-16-15(9-14)12(3)4/h11-16H,7-10H2,1-6H3. The van der Waals surface area contributed by atoms with E-state index in [1.54, 1.807) is 0 Å². The van der Waals surface area contributed by atoms with Gasteiger partial charge in [-0.05, 0) is 44.2 Å². The highest BCUT2D eigenvalue weighted by atomic mass is 15.1. The Morgan fingerprint density at radius 1 is 1.18 bits per heavy atom. The van der Waals surface area contributed by atoms with Crippen molar-refractivity contribution in [3.8, 4) is 0 Å². The second-order valence-corrected chi connectivity index (χ2v) is 6.64. The summed E-state index contributed by atoms with van der Waals surface area (Å²) in [6.07, 6.45) is 2.63. The van der Waals surface area contributed by atoms with Crippen LogP contribution in [-0.2, 0) is 0 Å². The van der Waals surface area contributed by atoms with Gasteiger partial charge >= 0.3 is 0 Å². The molecule has 0 aromatic heterocycles. The molecule has 0 radical (unpaired) electrons. The first-order chi connectivity index (χ1) is 7.91. The van der Waals surface area contributed by atoms with Crippen molar-refractivity contribution in [2.75, 3.05) is 20.1 Å². The van der Waals surface area contributed by atoms with Gasteiger partial charge in [0.25, 0.3) is 0 Å². The van der Waals surface area contributed by atoms with Crippen LogP contribution in [0.25, 0.3) is 0 Å². The van der Waals surface area contributed by atoms with E-state index in [1.807, 2.05) is 0 Å². The van der Waals surface area contributed by atoms with Gasteiger partial charge in [0.1, 0.15) is 0 Å². The first-order valence-electron chi connectivity index (χ1n) is 7.35. The molecular weight excluding hydrogens is 208 g/mol. The lowest BCUT2D eigenvalue weighted by Gasteiger charge is -2.39. The molecule has 17 heavy (non-hydrogen) atoms. The third kappa shape index (κ3) is 4.59. The van der Waals surface area contributed by atoms with Gasteiger partial charge in [0.2, 0.25) is 0 Å². The molecule has 0 bridgehead atoms. The molecular formula is C15H32N2. The van der Waals surface area contributed by atoms with Crippen LogP contribution in [0.1, 0.15) is 47.5 Å². The van der Waals surface area contributed by atoms with Crippen LogP contribution in [0.4, 0.5) is 0 Å². The van der Waals surface area contributed by atoms with E-state index in [0.717, 1.165) is 23.8 Å². The second kappa shape index (κ2) is 6.75. The number of hydrogen-bond donors (Lipinski definition) is 1. The predicted molar refractivity (Wildman–Crippen MR) is 76.3 cm³/mol. The van der Waals surface area contributed by atoms with Crippen molar-refractivity contribution in [2.24, 2.45) is 17.8 Å². The van der Waals surface area contributed by atoms with Crippen molar-refractivity contribution in [1.82, 2.24) is 10.2 Å². The Morgan fingerprint density at radius 3 is 2.35 bits per heavy atom. The molecule has 1 aliphatic rings. The third-order valence-corrected chi connectivity index (χ3v) is 4.55. The highest BCUT2D eigenvalue weighted by Gasteiger charge is 2.26. The van der Waals surface area contributed by atoms with Crippen molar-refractivity contribution in [3.63, 3.8) is 0 Å². The van der Waals surface area contributed by atoms with Crippen molar-refractivity contribution in [2.45, 2.75) is 59.5 Å². The van der Waals surface area contributed by atoms with Crippen LogP contribution in [0.3, 0.4) is 0 Å². The van der Waals surface area contributed by atoms with Crippen LogP contribution in [0.15, 0.2) is 0 Å². The molecule has 0 amide bonds. The van der Waals surface area contributed by atoms with Gasteiger partial charge in [-0.3, -0.25) is 0 Å². The molecule has 1 saturated heterocycles. The van der Waals surface area contributed by atoms with Gasteiger partial charge in [0, 0.05) is 18.6 Å². The van der Waals surface area contributed by atoms with Crippen LogP contribution in [0.2, 0.25) is 0 Å². The molecule has 1 aliphatic heterocycles. The first-order valence-corrected chi connectivity index (χ1v) is 7.35. The zero-order valence-electron chi connectivity index (χ0n) is 12.7. The van der Waals surface area contributed by atoms with Gasteiger partial charge in [-0.2, -0.15) is 0 Å². The van der Waals surface area contributed by atoms with E-state index in [2.05, 4.69) is 51.9 Å². The van der Waals surface area contributed by atoms with E-state index in [1.165, 1.54) is 25.9 Å². The zero-order valence-corrected chi connectivity index (χ0v) is 12.7. The Balaban J connectivity index is 2.43. The molecule has 3 unspecified atom stereocenters. The lowest BCUT2D eigenvalue weighted by molar-refractivity contribution is 0.133. The highest BCUT2D eigenvalue weighted by molar-refractivity contribution is 4.85. The largest absolute Gasteiger partial charge is 0.314 e. The van der Waals surface area contributed by atoms with Gasteiger partial charge in [0.05, 0.1) is 0 Å². The molecule has 102 valence electrons. The maximum atomic E-state index is 3.65. The molecule has 1 fully saturated rings. The quantitative estimate of drug-likeness (QED) is 0.795. The highest BCUT2D eigenvalue weighted by Crippen LogP contribution is 2.21. The van der Waals surface area contributed by atoms with Gasteiger partial charge in [-0.15, -0.1) is 0 Å². The summed E-state index contributed by atoms with van der Waals surface area (Å²) in [6, 6.07) is 1.50. The van der Waals surface area contributed by atoms with Crippen LogP contribution in [0.5, 0.6) is 0 Å². The molecule has 1 heterocycles. The molecule has 0 spiro atoms. The van der Waals surface area contributed by atoms with E-state index in [4.69, 9.17) is 0 Å².